The van der Waals surface area contributed by atoms with Gasteiger partial charge in [0.15, 0.2) is 0 Å². The Hall–Kier alpha value is -1.22. The Morgan fingerprint density at radius 3 is 2.44 bits per heavy atom. The van der Waals surface area contributed by atoms with E-state index in [0.717, 1.165) is 12.8 Å². The van der Waals surface area contributed by atoms with Crippen LogP contribution in [-0.4, -0.2) is 0 Å². The van der Waals surface area contributed by atoms with Crippen molar-refractivity contribution in [2.45, 2.75) is 52.9 Å². The van der Waals surface area contributed by atoms with Gasteiger partial charge in [0, 0.05) is 6.42 Å². The van der Waals surface area contributed by atoms with Crippen LogP contribution in [0.5, 0.6) is 0 Å². The lowest BCUT2D eigenvalue weighted by Gasteiger charge is -2.22. The molecule has 0 bridgehead atoms. The molecule has 16 heavy (non-hydrogen) atoms. The fourth-order valence-electron chi connectivity index (χ4n) is 1.96. The molecule has 0 saturated heterocycles. The van der Waals surface area contributed by atoms with Crippen molar-refractivity contribution >= 4 is 0 Å². The van der Waals surface area contributed by atoms with Gasteiger partial charge in [-0.1, -0.05) is 39.0 Å². The minimum Gasteiger partial charge on any atom is -0.107 e. The predicted octanol–water partition coefficient (Wildman–Crippen LogP) is 4.25. The van der Waals surface area contributed by atoms with Crippen LogP contribution in [-0.2, 0) is 11.8 Å². The second kappa shape index (κ2) is 5.21. The van der Waals surface area contributed by atoms with E-state index in [1.807, 2.05) is 6.92 Å². The first-order valence-corrected chi connectivity index (χ1v) is 5.95. The molecule has 0 nitrogen and oxygen atoms in total. The van der Waals surface area contributed by atoms with Crippen molar-refractivity contribution < 1.29 is 0 Å². The lowest BCUT2D eigenvalue weighted by molar-refractivity contribution is 0.585. The topological polar surface area (TPSA) is 0 Å². The highest BCUT2D eigenvalue weighted by Gasteiger charge is 2.16. The zero-order chi connectivity index (χ0) is 12.2. The van der Waals surface area contributed by atoms with Crippen molar-refractivity contribution in [2.75, 3.05) is 0 Å². The van der Waals surface area contributed by atoms with E-state index < -0.39 is 0 Å². The molecule has 0 unspecified atom stereocenters. The fraction of sp³-hybridized carbons (Fsp3) is 0.500. The van der Waals surface area contributed by atoms with Crippen LogP contribution >= 0.6 is 0 Å². The Bertz CT molecular complexity index is 408. The first-order chi connectivity index (χ1) is 7.45. The molecule has 0 N–H and O–H groups in total. The molecule has 0 aliphatic carbocycles. The molecular formula is C16H22. The summed E-state index contributed by atoms with van der Waals surface area (Å²) in [6.45, 7) is 10.9. The lowest BCUT2D eigenvalue weighted by atomic mass is 9.83. The third-order valence-corrected chi connectivity index (χ3v) is 2.83. The minimum absolute atomic E-state index is 0.233. The summed E-state index contributed by atoms with van der Waals surface area (Å²) in [4.78, 5) is 0. The van der Waals surface area contributed by atoms with Gasteiger partial charge in [0.1, 0.15) is 0 Å². The standard InChI is InChI=1S/C16H22/c1-6-7-8-9-14-11-10-13(2)15(12-14)16(3,4)5/h10-12H,8-9H2,1-5H3. The van der Waals surface area contributed by atoms with Gasteiger partial charge in [-0.25, -0.2) is 0 Å². The van der Waals surface area contributed by atoms with E-state index in [2.05, 4.69) is 57.7 Å². The summed E-state index contributed by atoms with van der Waals surface area (Å²) in [5.41, 5.74) is 4.47. The molecule has 0 saturated carbocycles. The molecule has 0 radical (unpaired) electrons. The third-order valence-electron chi connectivity index (χ3n) is 2.83. The Labute approximate surface area is 100 Å². The van der Waals surface area contributed by atoms with Gasteiger partial charge < -0.3 is 0 Å². The molecule has 0 spiro atoms. The predicted molar refractivity (Wildman–Crippen MR) is 71.7 cm³/mol. The van der Waals surface area contributed by atoms with Crippen LogP contribution in [0.25, 0.3) is 0 Å². The molecule has 0 atom stereocenters. The van der Waals surface area contributed by atoms with E-state index in [1.165, 1.54) is 16.7 Å². The van der Waals surface area contributed by atoms with Crippen LogP contribution in [0.15, 0.2) is 18.2 Å². The second-order valence-corrected chi connectivity index (χ2v) is 5.33. The van der Waals surface area contributed by atoms with Gasteiger partial charge in [-0.3, -0.25) is 0 Å². The molecule has 0 heterocycles. The van der Waals surface area contributed by atoms with Gasteiger partial charge in [0.2, 0.25) is 0 Å². The smallest absolute Gasteiger partial charge is 0.0129 e. The van der Waals surface area contributed by atoms with Crippen LogP contribution in [0.1, 0.15) is 50.8 Å². The Morgan fingerprint density at radius 2 is 1.88 bits per heavy atom. The van der Waals surface area contributed by atoms with Gasteiger partial charge in [-0.15, -0.1) is 11.8 Å². The molecule has 0 fully saturated rings. The van der Waals surface area contributed by atoms with Gasteiger partial charge in [-0.05, 0) is 42.4 Å². The maximum Gasteiger partial charge on any atom is 0.0129 e. The third kappa shape index (κ3) is 3.42. The Kier molecular flexibility index (Phi) is 4.19. The van der Waals surface area contributed by atoms with Crippen LogP contribution in [0.4, 0.5) is 0 Å². The molecule has 1 aromatic rings. The summed E-state index contributed by atoms with van der Waals surface area (Å²) in [5, 5.41) is 0. The summed E-state index contributed by atoms with van der Waals surface area (Å²) in [6, 6.07) is 6.80. The summed E-state index contributed by atoms with van der Waals surface area (Å²) in [6.07, 6.45) is 2.02. The zero-order valence-electron chi connectivity index (χ0n) is 11.1. The van der Waals surface area contributed by atoms with Gasteiger partial charge >= 0.3 is 0 Å². The van der Waals surface area contributed by atoms with Crippen LogP contribution < -0.4 is 0 Å². The normalized spacial score (nSPS) is 10.8. The van der Waals surface area contributed by atoms with Crippen molar-refractivity contribution in [1.29, 1.82) is 0 Å². The average molecular weight is 214 g/mol. The van der Waals surface area contributed by atoms with E-state index in [9.17, 15) is 0 Å². The first-order valence-electron chi connectivity index (χ1n) is 5.95. The summed E-state index contributed by atoms with van der Waals surface area (Å²) in [5.74, 6) is 6.06. The molecule has 86 valence electrons. The molecule has 0 aliphatic heterocycles. The quantitative estimate of drug-likeness (QED) is 0.646. The molecule has 0 aliphatic rings. The minimum atomic E-state index is 0.233. The largest absolute Gasteiger partial charge is 0.107 e. The van der Waals surface area contributed by atoms with E-state index in [-0.39, 0.29) is 5.41 Å². The van der Waals surface area contributed by atoms with Gasteiger partial charge in [0.05, 0.1) is 0 Å². The van der Waals surface area contributed by atoms with Crippen molar-refractivity contribution in [3.63, 3.8) is 0 Å². The Morgan fingerprint density at radius 1 is 1.19 bits per heavy atom. The monoisotopic (exact) mass is 214 g/mol. The highest BCUT2D eigenvalue weighted by atomic mass is 14.2. The van der Waals surface area contributed by atoms with E-state index in [4.69, 9.17) is 0 Å². The van der Waals surface area contributed by atoms with Crippen molar-refractivity contribution in [3.8, 4) is 11.8 Å². The van der Waals surface area contributed by atoms with Crippen LogP contribution in [0.3, 0.4) is 0 Å². The van der Waals surface area contributed by atoms with E-state index >= 15 is 0 Å². The van der Waals surface area contributed by atoms with E-state index in [0.29, 0.717) is 0 Å². The zero-order valence-corrected chi connectivity index (χ0v) is 11.1. The summed E-state index contributed by atoms with van der Waals surface area (Å²) in [7, 11) is 0. The SMILES string of the molecule is CC#CCCc1ccc(C)c(C(C)(C)C)c1. The number of hydrogen-bond acceptors (Lipinski definition) is 0. The average Bonchev–Trinajstić information content (AvgIpc) is 2.19. The van der Waals surface area contributed by atoms with Crippen LogP contribution in [0, 0.1) is 18.8 Å². The maximum atomic E-state index is 3.12. The number of hydrogen-bond donors (Lipinski definition) is 0. The molecular weight excluding hydrogens is 192 g/mol. The van der Waals surface area contributed by atoms with Crippen molar-refractivity contribution in [1.82, 2.24) is 0 Å². The molecule has 0 heteroatoms. The highest BCUT2D eigenvalue weighted by Crippen LogP contribution is 2.26. The molecule has 1 aromatic carbocycles. The Balaban J connectivity index is 2.93. The number of benzene rings is 1. The van der Waals surface area contributed by atoms with Gasteiger partial charge in [0.25, 0.3) is 0 Å². The molecule has 1 rings (SSSR count). The molecule has 0 amide bonds. The van der Waals surface area contributed by atoms with E-state index in [1.54, 1.807) is 0 Å². The lowest BCUT2D eigenvalue weighted by Crippen LogP contribution is -2.13. The maximum absolute atomic E-state index is 3.12. The summed E-state index contributed by atoms with van der Waals surface area (Å²) >= 11 is 0. The van der Waals surface area contributed by atoms with Gasteiger partial charge in [-0.2, -0.15) is 0 Å². The van der Waals surface area contributed by atoms with Crippen molar-refractivity contribution in [2.24, 2.45) is 0 Å². The summed E-state index contributed by atoms with van der Waals surface area (Å²) < 4.78 is 0. The fourth-order valence-corrected chi connectivity index (χ4v) is 1.96. The number of aryl methyl sites for hydroxylation is 2. The van der Waals surface area contributed by atoms with Crippen molar-refractivity contribution in [3.05, 3.63) is 34.9 Å². The first kappa shape index (κ1) is 12.8. The van der Waals surface area contributed by atoms with Crippen LogP contribution in [0.2, 0.25) is 0 Å². The molecule has 0 aromatic heterocycles. The second-order valence-electron chi connectivity index (χ2n) is 5.33. The number of rotatable bonds is 2. The highest BCUT2D eigenvalue weighted by molar-refractivity contribution is 5.36.